The number of aryl methyl sites for hydroxylation is 2. The number of carbonyl (C=O) groups excluding carboxylic acids is 1. The van der Waals surface area contributed by atoms with Gasteiger partial charge in [0, 0.05) is 29.9 Å². The van der Waals surface area contributed by atoms with Gasteiger partial charge in [-0.25, -0.2) is 4.98 Å². The van der Waals surface area contributed by atoms with Gasteiger partial charge in [0.15, 0.2) is 0 Å². The number of aromatic amines is 1. The van der Waals surface area contributed by atoms with Crippen molar-refractivity contribution in [1.29, 1.82) is 5.26 Å². The van der Waals surface area contributed by atoms with Crippen molar-refractivity contribution in [2.45, 2.75) is 26.9 Å². The third kappa shape index (κ3) is 4.14. The molecule has 1 aromatic heterocycles. The Balaban J connectivity index is 1.54. The maximum atomic E-state index is 13.2. The van der Waals surface area contributed by atoms with E-state index in [0.29, 0.717) is 30.0 Å². The van der Waals surface area contributed by atoms with Gasteiger partial charge >= 0.3 is 0 Å². The number of rotatable bonds is 4. The van der Waals surface area contributed by atoms with Crippen LogP contribution in [0, 0.1) is 25.2 Å². The van der Waals surface area contributed by atoms with Gasteiger partial charge in [0.25, 0.3) is 5.91 Å². The van der Waals surface area contributed by atoms with Gasteiger partial charge < -0.3 is 15.0 Å². The van der Waals surface area contributed by atoms with E-state index >= 15 is 0 Å². The lowest BCUT2D eigenvalue weighted by molar-refractivity contribution is 0.0773. The molecule has 0 fully saturated rings. The summed E-state index contributed by atoms with van der Waals surface area (Å²) in [5.74, 6) is 0.507. The zero-order valence-corrected chi connectivity index (χ0v) is 17.6. The predicted molar refractivity (Wildman–Crippen MR) is 119 cm³/mol. The maximum Gasteiger partial charge on any atom is 0.254 e. The van der Waals surface area contributed by atoms with Crippen LogP contribution in [0.25, 0.3) is 16.8 Å². The summed E-state index contributed by atoms with van der Waals surface area (Å²) in [6, 6.07) is 15.4. The summed E-state index contributed by atoms with van der Waals surface area (Å²) in [6.45, 7) is 4.94. The van der Waals surface area contributed by atoms with E-state index in [1.807, 2.05) is 61.2 Å². The quantitative estimate of drug-likeness (QED) is 0.678. The SMILES string of the molecule is Cc1ccc(C(=O)N2CC=C(c3ccc(C#N)cc3)CC2)cc1-c1nc(CO)[nH]c1C. The number of hydrogen-bond donors (Lipinski definition) is 2. The summed E-state index contributed by atoms with van der Waals surface area (Å²) in [7, 11) is 0. The summed E-state index contributed by atoms with van der Waals surface area (Å²) < 4.78 is 0. The van der Waals surface area contributed by atoms with Crippen LogP contribution in [0.1, 0.15) is 45.0 Å². The number of nitrogens with zero attached hydrogens (tertiary/aromatic N) is 3. The molecule has 0 saturated heterocycles. The fraction of sp³-hybridized carbons (Fsp3) is 0.240. The van der Waals surface area contributed by atoms with E-state index in [4.69, 9.17) is 5.26 Å². The van der Waals surface area contributed by atoms with Crippen molar-refractivity contribution in [3.63, 3.8) is 0 Å². The van der Waals surface area contributed by atoms with Crippen LogP contribution in [-0.2, 0) is 6.61 Å². The highest BCUT2D eigenvalue weighted by atomic mass is 16.3. The topological polar surface area (TPSA) is 93.0 Å². The fourth-order valence-corrected chi connectivity index (χ4v) is 3.93. The molecule has 6 heteroatoms. The molecule has 6 nitrogen and oxygen atoms in total. The van der Waals surface area contributed by atoms with Gasteiger partial charge in [0.05, 0.1) is 17.3 Å². The van der Waals surface area contributed by atoms with Crippen LogP contribution >= 0.6 is 0 Å². The number of hydrogen-bond acceptors (Lipinski definition) is 4. The van der Waals surface area contributed by atoms with E-state index in [0.717, 1.165) is 34.5 Å². The highest BCUT2D eigenvalue weighted by molar-refractivity contribution is 5.96. The molecule has 0 saturated carbocycles. The highest BCUT2D eigenvalue weighted by Crippen LogP contribution is 2.28. The fourth-order valence-electron chi connectivity index (χ4n) is 3.93. The van der Waals surface area contributed by atoms with E-state index in [9.17, 15) is 9.90 Å². The average molecular weight is 412 g/mol. The third-order valence-electron chi connectivity index (χ3n) is 5.70. The Morgan fingerprint density at radius 2 is 2.00 bits per heavy atom. The van der Waals surface area contributed by atoms with E-state index in [-0.39, 0.29) is 12.5 Å². The van der Waals surface area contributed by atoms with E-state index in [1.165, 1.54) is 5.57 Å². The minimum atomic E-state index is -0.153. The van der Waals surface area contributed by atoms with Crippen molar-refractivity contribution >= 4 is 11.5 Å². The van der Waals surface area contributed by atoms with Gasteiger partial charge in [-0.2, -0.15) is 5.26 Å². The summed E-state index contributed by atoms with van der Waals surface area (Å²) in [4.78, 5) is 22.6. The minimum Gasteiger partial charge on any atom is -0.388 e. The summed E-state index contributed by atoms with van der Waals surface area (Å²) in [5.41, 5.74) is 7.11. The number of benzene rings is 2. The van der Waals surface area contributed by atoms with Crippen molar-refractivity contribution in [3.05, 3.63) is 82.3 Å². The second-order valence-corrected chi connectivity index (χ2v) is 7.76. The van der Waals surface area contributed by atoms with Gasteiger partial charge in [-0.1, -0.05) is 24.3 Å². The molecule has 31 heavy (non-hydrogen) atoms. The molecular formula is C25H24N4O2. The number of nitrogens with one attached hydrogen (secondary N) is 1. The zero-order chi connectivity index (χ0) is 22.0. The first kappa shape index (κ1) is 20.6. The molecule has 0 bridgehead atoms. The van der Waals surface area contributed by atoms with Gasteiger partial charge in [-0.05, 0) is 61.2 Å². The van der Waals surface area contributed by atoms with Gasteiger partial charge in [0.1, 0.15) is 12.4 Å². The largest absolute Gasteiger partial charge is 0.388 e. The molecule has 0 spiro atoms. The van der Waals surface area contributed by atoms with Gasteiger partial charge in [-0.15, -0.1) is 0 Å². The number of carbonyl (C=O) groups is 1. The smallest absolute Gasteiger partial charge is 0.254 e. The Morgan fingerprint density at radius 3 is 2.61 bits per heavy atom. The molecule has 2 heterocycles. The number of H-pyrrole nitrogens is 1. The van der Waals surface area contributed by atoms with E-state index in [1.54, 1.807) is 0 Å². The molecule has 2 N–H and O–H groups in total. The van der Waals surface area contributed by atoms with Crippen LogP contribution in [0.5, 0.6) is 0 Å². The first-order valence-electron chi connectivity index (χ1n) is 10.3. The van der Waals surface area contributed by atoms with Crippen LogP contribution in [0.2, 0.25) is 0 Å². The summed E-state index contributed by atoms with van der Waals surface area (Å²) in [6.07, 6.45) is 2.86. The van der Waals surface area contributed by atoms with Crippen LogP contribution in [-0.4, -0.2) is 39.0 Å². The lowest BCUT2D eigenvalue weighted by Gasteiger charge is -2.27. The first-order valence-corrected chi connectivity index (χ1v) is 10.3. The standard InChI is InChI=1S/C25H24N4O2/c1-16-3-6-21(13-22(16)24-17(2)27-23(15-30)28-24)25(31)29-11-9-20(10-12-29)19-7-4-18(14-26)5-8-19/h3-9,13,30H,10-12,15H2,1-2H3,(H,27,28). The minimum absolute atomic E-state index is 0.00745. The number of aliphatic hydroxyl groups excluding tert-OH is 1. The van der Waals surface area contributed by atoms with E-state index in [2.05, 4.69) is 22.1 Å². The highest BCUT2D eigenvalue weighted by Gasteiger charge is 2.21. The Morgan fingerprint density at radius 1 is 1.23 bits per heavy atom. The average Bonchev–Trinajstić information content (AvgIpc) is 3.19. The molecular weight excluding hydrogens is 388 g/mol. The van der Waals surface area contributed by atoms with Crippen molar-refractivity contribution in [1.82, 2.24) is 14.9 Å². The van der Waals surface area contributed by atoms with Gasteiger partial charge in [0.2, 0.25) is 0 Å². The molecule has 0 unspecified atom stereocenters. The number of aliphatic hydroxyl groups is 1. The van der Waals surface area contributed by atoms with Crippen LogP contribution in [0.15, 0.2) is 48.5 Å². The molecule has 156 valence electrons. The second kappa shape index (κ2) is 8.58. The van der Waals surface area contributed by atoms with Crippen molar-refractivity contribution in [2.75, 3.05) is 13.1 Å². The summed E-state index contributed by atoms with van der Waals surface area (Å²) >= 11 is 0. The van der Waals surface area contributed by atoms with Crippen LogP contribution in [0.4, 0.5) is 0 Å². The molecule has 1 amide bonds. The monoisotopic (exact) mass is 412 g/mol. The maximum absolute atomic E-state index is 13.2. The third-order valence-corrected chi connectivity index (χ3v) is 5.70. The molecule has 3 aromatic rings. The van der Waals surface area contributed by atoms with Crippen LogP contribution < -0.4 is 0 Å². The molecule has 0 aliphatic carbocycles. The predicted octanol–water partition coefficient (Wildman–Crippen LogP) is 3.99. The van der Waals surface area contributed by atoms with Crippen molar-refractivity contribution in [2.24, 2.45) is 0 Å². The molecule has 0 radical (unpaired) electrons. The molecule has 0 atom stereocenters. The lowest BCUT2D eigenvalue weighted by Crippen LogP contribution is -2.34. The van der Waals surface area contributed by atoms with E-state index < -0.39 is 0 Å². The number of amides is 1. The number of aromatic nitrogens is 2. The van der Waals surface area contributed by atoms with Gasteiger partial charge in [-0.3, -0.25) is 4.79 Å². The van der Waals surface area contributed by atoms with Crippen molar-refractivity contribution in [3.8, 4) is 17.3 Å². The van der Waals surface area contributed by atoms with Crippen LogP contribution in [0.3, 0.4) is 0 Å². The molecule has 1 aliphatic rings. The molecule has 1 aliphatic heterocycles. The Kier molecular flexibility index (Phi) is 5.70. The molecule has 4 rings (SSSR count). The van der Waals surface area contributed by atoms with Crippen molar-refractivity contribution < 1.29 is 9.90 Å². The number of imidazole rings is 1. The Bertz CT molecular complexity index is 1200. The Hall–Kier alpha value is -3.69. The molecule has 2 aromatic carbocycles. The summed E-state index contributed by atoms with van der Waals surface area (Å²) in [5, 5.41) is 18.3. The Labute approximate surface area is 181 Å². The zero-order valence-electron chi connectivity index (χ0n) is 17.6. The second-order valence-electron chi connectivity index (χ2n) is 7.76. The lowest BCUT2D eigenvalue weighted by atomic mass is 9.97. The first-order chi connectivity index (χ1) is 15.0. The normalized spacial score (nSPS) is 13.6. The number of nitriles is 1.